The van der Waals surface area contributed by atoms with Crippen LogP contribution in [0, 0.1) is 12.3 Å². The smallest absolute Gasteiger partial charge is 0.272 e. The van der Waals surface area contributed by atoms with Gasteiger partial charge in [0.15, 0.2) is 0 Å². The van der Waals surface area contributed by atoms with Crippen LogP contribution in [0.2, 0.25) is 0 Å². The number of piperidine rings is 1. The second-order valence-electron chi connectivity index (χ2n) is 5.50. The van der Waals surface area contributed by atoms with Crippen molar-refractivity contribution in [1.82, 2.24) is 9.88 Å². The van der Waals surface area contributed by atoms with Gasteiger partial charge in [-0.25, -0.2) is 4.98 Å². The van der Waals surface area contributed by atoms with Gasteiger partial charge < -0.3 is 15.8 Å². The van der Waals surface area contributed by atoms with Crippen LogP contribution in [-0.4, -0.2) is 39.9 Å². The lowest BCUT2D eigenvalue weighted by Gasteiger charge is -2.38. The maximum atomic E-state index is 12.4. The molecule has 0 aromatic carbocycles. The Kier molecular flexibility index (Phi) is 3.92. The Hall–Kier alpha value is -2.11. The molecule has 3 N–H and O–H groups in total. The lowest BCUT2D eigenvalue weighted by molar-refractivity contribution is 0.0660. The summed E-state index contributed by atoms with van der Waals surface area (Å²) >= 11 is 0. The highest BCUT2D eigenvalue weighted by Crippen LogP contribution is 2.31. The second kappa shape index (κ2) is 5.48. The minimum atomic E-state index is -0.342. The van der Waals surface area contributed by atoms with Gasteiger partial charge in [0.25, 0.3) is 5.91 Å². The van der Waals surface area contributed by atoms with E-state index < -0.39 is 0 Å². The molecule has 6 nitrogen and oxygen atoms in total. The molecular weight excluding hydrogens is 256 g/mol. The first-order valence-electron chi connectivity index (χ1n) is 6.67. The number of carbonyl (C=O) groups is 1. The van der Waals surface area contributed by atoms with Crippen LogP contribution in [-0.2, 0) is 0 Å². The SMILES string of the molecule is Cc1cccc(C(=O)N2CCC(C)(/C(N)=N/O)CC2)n1. The maximum Gasteiger partial charge on any atom is 0.272 e. The summed E-state index contributed by atoms with van der Waals surface area (Å²) in [5.41, 5.74) is 6.67. The molecule has 1 fully saturated rings. The fraction of sp³-hybridized carbons (Fsp3) is 0.500. The van der Waals surface area contributed by atoms with Crippen LogP contribution in [0.25, 0.3) is 0 Å². The van der Waals surface area contributed by atoms with Crippen molar-refractivity contribution >= 4 is 11.7 Å². The largest absolute Gasteiger partial charge is 0.409 e. The zero-order valence-corrected chi connectivity index (χ0v) is 11.8. The highest BCUT2D eigenvalue weighted by Gasteiger charge is 2.36. The van der Waals surface area contributed by atoms with Crippen LogP contribution in [0.1, 0.15) is 35.9 Å². The van der Waals surface area contributed by atoms with Gasteiger partial charge in [-0.3, -0.25) is 4.79 Å². The topological polar surface area (TPSA) is 91.8 Å². The number of hydrogen-bond acceptors (Lipinski definition) is 4. The Morgan fingerprint density at radius 1 is 1.45 bits per heavy atom. The third kappa shape index (κ3) is 2.74. The number of aromatic nitrogens is 1. The van der Waals surface area contributed by atoms with Crippen LogP contribution >= 0.6 is 0 Å². The van der Waals surface area contributed by atoms with Crippen molar-refractivity contribution in [2.75, 3.05) is 13.1 Å². The molecule has 20 heavy (non-hydrogen) atoms. The molecule has 1 saturated heterocycles. The van der Waals surface area contributed by atoms with Crippen molar-refractivity contribution in [2.45, 2.75) is 26.7 Å². The van der Waals surface area contributed by atoms with Crippen LogP contribution in [0.4, 0.5) is 0 Å². The van der Waals surface area contributed by atoms with E-state index >= 15 is 0 Å². The van der Waals surface area contributed by atoms with E-state index in [0.29, 0.717) is 31.6 Å². The van der Waals surface area contributed by atoms with Gasteiger partial charge in [-0.05, 0) is 31.9 Å². The fourth-order valence-electron chi connectivity index (χ4n) is 2.40. The average molecular weight is 276 g/mol. The number of hydrogen-bond donors (Lipinski definition) is 2. The van der Waals surface area contributed by atoms with E-state index in [1.54, 1.807) is 11.0 Å². The Morgan fingerprint density at radius 3 is 2.65 bits per heavy atom. The zero-order chi connectivity index (χ0) is 14.8. The second-order valence-corrected chi connectivity index (χ2v) is 5.50. The van der Waals surface area contributed by atoms with Gasteiger partial charge in [0, 0.05) is 24.2 Å². The van der Waals surface area contributed by atoms with Crippen molar-refractivity contribution in [3.05, 3.63) is 29.6 Å². The summed E-state index contributed by atoms with van der Waals surface area (Å²) in [5.74, 6) is 0.175. The van der Waals surface area contributed by atoms with Gasteiger partial charge in [0.1, 0.15) is 11.5 Å². The molecule has 2 heterocycles. The molecule has 0 unspecified atom stereocenters. The first-order valence-corrected chi connectivity index (χ1v) is 6.67. The number of amidine groups is 1. The van der Waals surface area contributed by atoms with Crippen LogP contribution < -0.4 is 5.73 Å². The zero-order valence-electron chi connectivity index (χ0n) is 11.8. The molecule has 1 aromatic rings. The third-order valence-electron chi connectivity index (χ3n) is 3.99. The van der Waals surface area contributed by atoms with E-state index in [-0.39, 0.29) is 17.2 Å². The monoisotopic (exact) mass is 276 g/mol. The molecule has 0 aliphatic carbocycles. The van der Waals surface area contributed by atoms with E-state index in [4.69, 9.17) is 10.9 Å². The van der Waals surface area contributed by atoms with Crippen molar-refractivity contribution < 1.29 is 10.0 Å². The lowest BCUT2D eigenvalue weighted by Crippen LogP contribution is -2.47. The van der Waals surface area contributed by atoms with Crippen LogP contribution in [0.3, 0.4) is 0 Å². The number of nitrogens with two attached hydrogens (primary N) is 1. The molecule has 1 aromatic heterocycles. The predicted molar refractivity (Wildman–Crippen MR) is 75.6 cm³/mol. The summed E-state index contributed by atoms with van der Waals surface area (Å²) in [5, 5.41) is 11.9. The highest BCUT2D eigenvalue weighted by molar-refractivity contribution is 5.93. The number of aryl methyl sites for hydroxylation is 1. The Bertz CT molecular complexity index is 534. The predicted octanol–water partition coefficient (Wildman–Crippen LogP) is 1.38. The Morgan fingerprint density at radius 2 is 2.10 bits per heavy atom. The summed E-state index contributed by atoms with van der Waals surface area (Å²) in [7, 11) is 0. The Labute approximate surface area is 118 Å². The molecular formula is C14H20N4O2. The van der Waals surface area contributed by atoms with Gasteiger partial charge >= 0.3 is 0 Å². The van der Waals surface area contributed by atoms with Gasteiger partial charge in [0.2, 0.25) is 0 Å². The van der Waals surface area contributed by atoms with E-state index in [1.165, 1.54) is 0 Å². The van der Waals surface area contributed by atoms with E-state index in [9.17, 15) is 4.79 Å². The number of likely N-dealkylation sites (tertiary alicyclic amines) is 1. The molecule has 2 rings (SSSR count). The summed E-state index contributed by atoms with van der Waals surface area (Å²) in [4.78, 5) is 18.4. The fourth-order valence-corrected chi connectivity index (χ4v) is 2.40. The molecule has 108 valence electrons. The molecule has 0 spiro atoms. The number of pyridine rings is 1. The first-order chi connectivity index (χ1) is 9.46. The molecule has 0 radical (unpaired) electrons. The quantitative estimate of drug-likeness (QED) is 0.369. The highest BCUT2D eigenvalue weighted by atomic mass is 16.4. The van der Waals surface area contributed by atoms with Crippen molar-refractivity contribution in [2.24, 2.45) is 16.3 Å². The van der Waals surface area contributed by atoms with Gasteiger partial charge in [-0.1, -0.05) is 18.1 Å². The lowest BCUT2D eigenvalue weighted by atomic mass is 9.79. The van der Waals surface area contributed by atoms with Gasteiger partial charge in [0.05, 0.1) is 0 Å². The number of oxime groups is 1. The van der Waals surface area contributed by atoms with E-state index in [1.807, 2.05) is 26.0 Å². The number of nitrogens with zero attached hydrogens (tertiary/aromatic N) is 3. The summed E-state index contributed by atoms with van der Waals surface area (Å²) in [6.45, 7) is 4.99. The molecule has 1 aliphatic rings. The van der Waals surface area contributed by atoms with Gasteiger partial charge in [-0.2, -0.15) is 0 Å². The molecule has 0 atom stereocenters. The molecule has 1 aliphatic heterocycles. The summed E-state index contributed by atoms with van der Waals surface area (Å²) < 4.78 is 0. The molecule has 0 saturated carbocycles. The van der Waals surface area contributed by atoms with Crippen molar-refractivity contribution in [1.29, 1.82) is 0 Å². The Balaban J connectivity index is 2.06. The molecule has 0 bridgehead atoms. The summed E-state index contributed by atoms with van der Waals surface area (Å²) in [6, 6.07) is 5.43. The number of rotatable bonds is 2. The minimum absolute atomic E-state index is 0.0599. The molecule has 6 heteroatoms. The average Bonchev–Trinajstić information content (AvgIpc) is 2.46. The summed E-state index contributed by atoms with van der Waals surface area (Å²) in [6.07, 6.45) is 1.36. The normalized spacial score (nSPS) is 18.9. The van der Waals surface area contributed by atoms with Crippen LogP contribution in [0.5, 0.6) is 0 Å². The number of carbonyl (C=O) groups excluding carboxylic acids is 1. The maximum absolute atomic E-state index is 12.4. The number of amides is 1. The van der Waals surface area contributed by atoms with E-state index in [2.05, 4.69) is 10.1 Å². The third-order valence-corrected chi connectivity index (χ3v) is 3.99. The van der Waals surface area contributed by atoms with Crippen molar-refractivity contribution in [3.63, 3.8) is 0 Å². The standard InChI is InChI=1S/C14H20N4O2/c1-10-4-3-5-11(16-10)12(19)18-8-6-14(2,7-9-18)13(15)17-20/h3-5,20H,6-9H2,1-2H3,(H2,15,17). The minimum Gasteiger partial charge on any atom is -0.409 e. The van der Waals surface area contributed by atoms with Crippen LogP contribution in [0.15, 0.2) is 23.4 Å². The first kappa shape index (κ1) is 14.3. The van der Waals surface area contributed by atoms with Gasteiger partial charge in [-0.15, -0.1) is 0 Å². The van der Waals surface area contributed by atoms with Crippen molar-refractivity contribution in [3.8, 4) is 0 Å². The van der Waals surface area contributed by atoms with E-state index in [0.717, 1.165) is 5.69 Å². The molecule has 1 amide bonds.